The summed E-state index contributed by atoms with van der Waals surface area (Å²) < 4.78 is 0. The lowest BCUT2D eigenvalue weighted by atomic mass is 10.4. The standard InChI is InChI=1S/C5H6N4/c6-4-5-8-2-1-3-9(5)7/h1-3,5H,7H2. The summed E-state index contributed by atoms with van der Waals surface area (Å²) in [6.45, 7) is 0. The van der Waals surface area contributed by atoms with E-state index in [-0.39, 0.29) is 0 Å². The van der Waals surface area contributed by atoms with Crippen LogP contribution in [0.25, 0.3) is 0 Å². The number of aliphatic imine (C=N–C) groups is 1. The van der Waals surface area contributed by atoms with Crippen LogP contribution in [0.5, 0.6) is 0 Å². The zero-order valence-corrected chi connectivity index (χ0v) is 4.73. The third-order valence-corrected chi connectivity index (χ3v) is 0.969. The van der Waals surface area contributed by atoms with Crippen LogP contribution in [0.3, 0.4) is 0 Å². The van der Waals surface area contributed by atoms with Crippen molar-refractivity contribution in [2.45, 2.75) is 6.17 Å². The summed E-state index contributed by atoms with van der Waals surface area (Å²) in [7, 11) is 0. The van der Waals surface area contributed by atoms with Crippen molar-refractivity contribution in [2.24, 2.45) is 10.8 Å². The fourth-order valence-corrected chi connectivity index (χ4v) is 0.528. The van der Waals surface area contributed by atoms with Gasteiger partial charge in [0.15, 0.2) is 0 Å². The minimum Gasteiger partial charge on any atom is -0.281 e. The number of rotatable bonds is 0. The molecule has 0 radical (unpaired) electrons. The molecule has 0 aromatic heterocycles. The largest absolute Gasteiger partial charge is 0.281 e. The first-order valence-corrected chi connectivity index (χ1v) is 2.47. The maximum Gasteiger partial charge on any atom is 0.221 e. The van der Waals surface area contributed by atoms with E-state index in [2.05, 4.69) is 4.99 Å². The van der Waals surface area contributed by atoms with Crippen LogP contribution in [-0.2, 0) is 0 Å². The van der Waals surface area contributed by atoms with E-state index < -0.39 is 6.17 Å². The Morgan fingerprint density at radius 3 is 3.00 bits per heavy atom. The quantitative estimate of drug-likeness (QED) is 0.445. The fraction of sp³-hybridized carbons (Fsp3) is 0.200. The molecule has 4 nitrogen and oxygen atoms in total. The van der Waals surface area contributed by atoms with Gasteiger partial charge in [-0.25, -0.2) is 5.84 Å². The zero-order chi connectivity index (χ0) is 6.69. The van der Waals surface area contributed by atoms with Crippen LogP contribution in [0.4, 0.5) is 0 Å². The van der Waals surface area contributed by atoms with Gasteiger partial charge in [-0.2, -0.15) is 5.26 Å². The highest BCUT2D eigenvalue weighted by Gasteiger charge is 2.08. The van der Waals surface area contributed by atoms with Crippen LogP contribution in [0.1, 0.15) is 0 Å². The lowest BCUT2D eigenvalue weighted by Crippen LogP contribution is -2.35. The van der Waals surface area contributed by atoms with E-state index in [4.69, 9.17) is 11.1 Å². The number of nitriles is 1. The topological polar surface area (TPSA) is 65.4 Å². The predicted molar refractivity (Wildman–Crippen MR) is 33.1 cm³/mol. The van der Waals surface area contributed by atoms with Crippen molar-refractivity contribution in [3.8, 4) is 6.07 Å². The number of hydrazine groups is 1. The Balaban J connectivity index is 2.68. The molecule has 4 heteroatoms. The van der Waals surface area contributed by atoms with Crippen molar-refractivity contribution in [1.29, 1.82) is 5.26 Å². The van der Waals surface area contributed by atoms with Crippen LogP contribution < -0.4 is 5.84 Å². The second-order valence-corrected chi connectivity index (χ2v) is 1.59. The smallest absolute Gasteiger partial charge is 0.221 e. The van der Waals surface area contributed by atoms with Gasteiger partial charge in [0.2, 0.25) is 6.17 Å². The van der Waals surface area contributed by atoms with E-state index in [0.717, 1.165) is 0 Å². The first-order chi connectivity index (χ1) is 4.34. The predicted octanol–water partition coefficient (Wildman–Crippen LogP) is -0.390. The maximum absolute atomic E-state index is 8.34. The number of nitrogens with zero attached hydrogens (tertiary/aromatic N) is 3. The molecular formula is C5H6N4. The number of hydrogen-bond donors (Lipinski definition) is 1. The summed E-state index contributed by atoms with van der Waals surface area (Å²) in [5.74, 6) is 5.30. The van der Waals surface area contributed by atoms with Crippen molar-refractivity contribution in [1.82, 2.24) is 5.01 Å². The summed E-state index contributed by atoms with van der Waals surface area (Å²) in [5, 5.41) is 9.59. The molecular weight excluding hydrogens is 116 g/mol. The van der Waals surface area contributed by atoms with Gasteiger partial charge in [0.25, 0.3) is 0 Å². The van der Waals surface area contributed by atoms with Crippen molar-refractivity contribution < 1.29 is 0 Å². The van der Waals surface area contributed by atoms with Crippen LogP contribution in [0.15, 0.2) is 17.3 Å². The minimum atomic E-state index is -0.546. The number of allylic oxidation sites excluding steroid dienone is 1. The van der Waals surface area contributed by atoms with Gasteiger partial charge in [-0.05, 0) is 6.08 Å². The normalized spacial score (nSPS) is 24.0. The molecule has 0 bridgehead atoms. The maximum atomic E-state index is 8.34. The molecule has 1 rings (SSSR count). The Labute approximate surface area is 52.9 Å². The molecule has 1 heterocycles. The van der Waals surface area contributed by atoms with Gasteiger partial charge in [-0.3, -0.25) is 10.0 Å². The molecule has 0 aliphatic carbocycles. The molecule has 0 saturated heterocycles. The zero-order valence-electron chi connectivity index (χ0n) is 4.73. The van der Waals surface area contributed by atoms with E-state index in [1.54, 1.807) is 18.5 Å². The molecule has 1 atom stereocenters. The Kier molecular flexibility index (Phi) is 1.47. The Hall–Kier alpha value is -1.34. The molecule has 0 aromatic rings. The van der Waals surface area contributed by atoms with Gasteiger partial charge < -0.3 is 0 Å². The molecule has 1 unspecified atom stereocenters. The molecule has 0 amide bonds. The molecule has 0 saturated carbocycles. The van der Waals surface area contributed by atoms with Gasteiger partial charge in [0.05, 0.1) is 0 Å². The minimum absolute atomic E-state index is 0.546. The molecule has 0 spiro atoms. The average Bonchev–Trinajstić information content (AvgIpc) is 1.89. The van der Waals surface area contributed by atoms with E-state index in [9.17, 15) is 0 Å². The summed E-state index contributed by atoms with van der Waals surface area (Å²) in [6, 6.07) is 1.91. The third-order valence-electron chi connectivity index (χ3n) is 0.969. The van der Waals surface area contributed by atoms with Crippen molar-refractivity contribution in [3.63, 3.8) is 0 Å². The molecule has 2 N–H and O–H groups in total. The Morgan fingerprint density at radius 1 is 1.78 bits per heavy atom. The first-order valence-electron chi connectivity index (χ1n) is 2.47. The second kappa shape index (κ2) is 2.29. The summed E-state index contributed by atoms with van der Waals surface area (Å²) >= 11 is 0. The molecule has 9 heavy (non-hydrogen) atoms. The van der Waals surface area contributed by atoms with Gasteiger partial charge in [0, 0.05) is 12.4 Å². The Morgan fingerprint density at radius 2 is 2.56 bits per heavy atom. The highest BCUT2D eigenvalue weighted by molar-refractivity contribution is 5.72. The number of nitrogens with two attached hydrogens (primary N) is 1. The fourth-order valence-electron chi connectivity index (χ4n) is 0.528. The van der Waals surface area contributed by atoms with E-state index in [0.29, 0.717) is 0 Å². The van der Waals surface area contributed by atoms with E-state index in [1.807, 2.05) is 6.07 Å². The average molecular weight is 122 g/mol. The van der Waals surface area contributed by atoms with Gasteiger partial charge >= 0.3 is 0 Å². The third kappa shape index (κ3) is 1.06. The van der Waals surface area contributed by atoms with Crippen LogP contribution in [0.2, 0.25) is 0 Å². The molecule has 1 aliphatic heterocycles. The monoisotopic (exact) mass is 122 g/mol. The lowest BCUT2D eigenvalue weighted by molar-refractivity contribution is 0.344. The molecule has 46 valence electrons. The molecule has 0 aromatic carbocycles. The summed E-state index contributed by atoms with van der Waals surface area (Å²) in [4.78, 5) is 3.76. The van der Waals surface area contributed by atoms with Crippen LogP contribution in [0, 0.1) is 11.3 Å². The molecule has 0 fully saturated rings. The van der Waals surface area contributed by atoms with Gasteiger partial charge in [0.1, 0.15) is 6.07 Å². The highest BCUT2D eigenvalue weighted by atomic mass is 15.4. The van der Waals surface area contributed by atoms with Crippen molar-refractivity contribution in [3.05, 3.63) is 12.3 Å². The summed E-state index contributed by atoms with van der Waals surface area (Å²) in [6.07, 6.45) is 4.28. The van der Waals surface area contributed by atoms with Crippen molar-refractivity contribution in [2.75, 3.05) is 0 Å². The van der Waals surface area contributed by atoms with Gasteiger partial charge in [-0.15, -0.1) is 0 Å². The highest BCUT2D eigenvalue weighted by Crippen LogP contribution is 1.97. The van der Waals surface area contributed by atoms with Crippen LogP contribution in [-0.4, -0.2) is 17.4 Å². The SMILES string of the molecule is N#CC1N=CC=CN1N. The van der Waals surface area contributed by atoms with E-state index >= 15 is 0 Å². The number of hydrogen-bond acceptors (Lipinski definition) is 4. The van der Waals surface area contributed by atoms with Gasteiger partial charge in [-0.1, -0.05) is 0 Å². The van der Waals surface area contributed by atoms with Crippen LogP contribution >= 0.6 is 0 Å². The first kappa shape index (κ1) is 5.79. The molecule has 1 aliphatic rings. The van der Waals surface area contributed by atoms with Crippen molar-refractivity contribution >= 4 is 6.21 Å². The van der Waals surface area contributed by atoms with E-state index in [1.165, 1.54) is 5.01 Å². The second-order valence-electron chi connectivity index (χ2n) is 1.59. The lowest BCUT2D eigenvalue weighted by Gasteiger charge is -2.17. The Bertz CT molecular complexity index is 188. The summed E-state index contributed by atoms with van der Waals surface area (Å²) in [5.41, 5.74) is 0.